The predicted octanol–water partition coefficient (Wildman–Crippen LogP) is 5.27. The summed E-state index contributed by atoms with van der Waals surface area (Å²) in [5.74, 6) is 1.45. The summed E-state index contributed by atoms with van der Waals surface area (Å²) in [5.41, 5.74) is -0.754. The Hall–Kier alpha value is -2.83. The third-order valence-electron chi connectivity index (χ3n) is 7.76. The lowest BCUT2D eigenvalue weighted by molar-refractivity contribution is -0.140. The Morgan fingerprint density at radius 2 is 2.00 bits per heavy atom. The maximum Gasteiger partial charge on any atom is 0.437 e. The van der Waals surface area contributed by atoms with E-state index in [-0.39, 0.29) is 11.2 Å². The van der Waals surface area contributed by atoms with Gasteiger partial charge in [0.15, 0.2) is 11.3 Å². The summed E-state index contributed by atoms with van der Waals surface area (Å²) in [6.45, 7) is 6.41. The normalized spacial score (nSPS) is 19.5. The van der Waals surface area contributed by atoms with E-state index in [2.05, 4.69) is 30.0 Å². The van der Waals surface area contributed by atoms with Crippen LogP contribution in [0.3, 0.4) is 0 Å². The number of nitrogens with zero attached hydrogens (tertiary/aromatic N) is 6. The van der Waals surface area contributed by atoms with Gasteiger partial charge in [0.05, 0.1) is 19.3 Å². The molecule has 5 rings (SSSR count). The number of anilines is 1. The molecule has 2 aromatic heterocycles. The number of hydrogen-bond donors (Lipinski definition) is 1. The fraction of sp³-hybridized carbons (Fsp3) is 0.538. The highest BCUT2D eigenvalue weighted by Gasteiger charge is 2.40. The first-order chi connectivity index (χ1) is 19.0. The van der Waals surface area contributed by atoms with Crippen molar-refractivity contribution in [3.63, 3.8) is 0 Å². The molecule has 14 heteroatoms. The van der Waals surface area contributed by atoms with Crippen LogP contribution in [-0.4, -0.2) is 77.1 Å². The monoisotopic (exact) mass is 599 g/mol. The molecule has 0 aliphatic carbocycles. The van der Waals surface area contributed by atoms with Gasteiger partial charge in [-0.1, -0.05) is 29.3 Å². The molecule has 2 fully saturated rings. The lowest BCUT2D eigenvalue weighted by atomic mass is 9.80. The van der Waals surface area contributed by atoms with Crippen molar-refractivity contribution in [1.82, 2.24) is 30.0 Å². The van der Waals surface area contributed by atoms with Gasteiger partial charge >= 0.3 is 12.3 Å². The van der Waals surface area contributed by atoms with Crippen LogP contribution in [0.25, 0.3) is 11.2 Å². The van der Waals surface area contributed by atoms with E-state index in [1.807, 2.05) is 4.90 Å². The molecule has 1 amide bonds. The molecule has 1 N–H and O–H groups in total. The molecule has 2 aliphatic rings. The number of ether oxygens (including phenoxy) is 1. The Balaban J connectivity index is 1.32. The molecule has 0 bridgehead atoms. The first-order valence-electron chi connectivity index (χ1n) is 13.1. The number of carbonyl (C=O) groups is 1. The Kier molecular flexibility index (Phi) is 8.30. The fourth-order valence-electron chi connectivity index (χ4n) is 5.55. The summed E-state index contributed by atoms with van der Waals surface area (Å²) in [7, 11) is 1.34. The highest BCUT2D eigenvalue weighted by atomic mass is 35.5. The van der Waals surface area contributed by atoms with E-state index in [1.54, 1.807) is 25.1 Å². The van der Waals surface area contributed by atoms with E-state index in [1.165, 1.54) is 18.0 Å². The Morgan fingerprint density at radius 1 is 1.23 bits per heavy atom. The van der Waals surface area contributed by atoms with E-state index >= 15 is 0 Å². The maximum absolute atomic E-state index is 13.9. The second-order valence-corrected chi connectivity index (χ2v) is 11.2. The van der Waals surface area contributed by atoms with Gasteiger partial charge in [-0.3, -0.25) is 0 Å². The number of nitrogens with one attached hydrogen (secondary N) is 1. The zero-order valence-electron chi connectivity index (χ0n) is 22.1. The van der Waals surface area contributed by atoms with E-state index in [4.69, 9.17) is 23.2 Å². The molecule has 40 heavy (non-hydrogen) atoms. The third-order valence-corrected chi connectivity index (χ3v) is 8.33. The minimum absolute atomic E-state index is 0.0498. The number of alkyl carbamates (subject to hydrolysis) is 1. The van der Waals surface area contributed by atoms with Crippen LogP contribution >= 0.6 is 23.2 Å². The van der Waals surface area contributed by atoms with Crippen molar-refractivity contribution in [2.24, 2.45) is 11.8 Å². The van der Waals surface area contributed by atoms with Crippen molar-refractivity contribution < 1.29 is 22.7 Å². The number of carbonyl (C=O) groups excluding carboxylic acids is 1. The summed E-state index contributed by atoms with van der Waals surface area (Å²) in [4.78, 5) is 24.5. The van der Waals surface area contributed by atoms with Gasteiger partial charge in [0.2, 0.25) is 0 Å². The van der Waals surface area contributed by atoms with Gasteiger partial charge in [0.25, 0.3) is 0 Å². The molecule has 3 aromatic rings. The molecule has 216 valence electrons. The molecule has 0 spiro atoms. The highest BCUT2D eigenvalue weighted by molar-refractivity contribution is 6.35. The summed E-state index contributed by atoms with van der Waals surface area (Å²) < 4.78 is 47.4. The van der Waals surface area contributed by atoms with Crippen molar-refractivity contribution in [2.45, 2.75) is 32.0 Å². The van der Waals surface area contributed by atoms with Gasteiger partial charge in [0, 0.05) is 42.8 Å². The van der Waals surface area contributed by atoms with Crippen LogP contribution in [0.4, 0.5) is 23.8 Å². The molecule has 0 saturated carbocycles. The van der Waals surface area contributed by atoms with Gasteiger partial charge < -0.3 is 19.9 Å². The van der Waals surface area contributed by atoms with Crippen molar-refractivity contribution in [3.8, 4) is 0 Å². The molecule has 9 nitrogen and oxygen atoms in total. The third kappa shape index (κ3) is 5.94. The lowest BCUT2D eigenvalue weighted by Gasteiger charge is -2.47. The average Bonchev–Trinajstić information content (AvgIpc) is 3.27. The number of aromatic nitrogens is 4. The number of amides is 1. The van der Waals surface area contributed by atoms with Crippen LogP contribution in [0.2, 0.25) is 10.0 Å². The van der Waals surface area contributed by atoms with E-state index in [9.17, 15) is 18.0 Å². The van der Waals surface area contributed by atoms with Crippen molar-refractivity contribution in [2.75, 3.05) is 51.3 Å². The van der Waals surface area contributed by atoms with Crippen LogP contribution in [0.1, 0.15) is 37.1 Å². The standard InChI is InChI=1S/C26H30Cl2F3N7O2/c1-15(19-6-5-18(27)10-20(19)28)38-24-22(23(35-38)26(29,30)31)33-11-21(34-24)37-13-17(14-37)16-4-3-8-36(12-16)9-7-32-25(39)40-2/h5-6,10-11,15-17H,3-4,7-9,12-14H2,1-2H3,(H,32,39). The number of fused-ring (bicyclic) bond motifs is 1. The number of rotatable bonds is 7. The number of hydrogen-bond acceptors (Lipinski definition) is 7. The van der Waals surface area contributed by atoms with E-state index in [0.717, 1.165) is 45.6 Å². The lowest BCUT2D eigenvalue weighted by Crippen LogP contribution is -2.54. The molecule has 0 radical (unpaired) electrons. The number of methoxy groups -OCH3 is 1. The number of benzene rings is 1. The number of alkyl halides is 3. The van der Waals surface area contributed by atoms with E-state index < -0.39 is 24.0 Å². The van der Waals surface area contributed by atoms with Crippen LogP contribution in [0, 0.1) is 11.8 Å². The number of likely N-dealkylation sites (tertiary alicyclic amines) is 1. The quantitative estimate of drug-likeness (QED) is 0.396. The predicted molar refractivity (Wildman–Crippen MR) is 146 cm³/mol. The maximum atomic E-state index is 13.9. The first kappa shape index (κ1) is 28.7. The summed E-state index contributed by atoms with van der Waals surface area (Å²) in [6.07, 6.45) is -1.54. The number of piperidine rings is 1. The SMILES string of the molecule is COC(=O)NCCN1CCCC(C2CN(c3cnc4c(C(F)(F)F)nn(C(C)c5ccc(Cl)cc5Cl)c4n3)C2)C1. The van der Waals surface area contributed by atoms with Crippen LogP contribution in [0.15, 0.2) is 24.4 Å². The topological polar surface area (TPSA) is 88.4 Å². The highest BCUT2D eigenvalue weighted by Crippen LogP contribution is 2.38. The average molecular weight is 600 g/mol. The molecular formula is C26H30Cl2F3N7O2. The van der Waals surface area contributed by atoms with Crippen LogP contribution in [-0.2, 0) is 10.9 Å². The molecule has 2 unspecified atom stereocenters. The second-order valence-electron chi connectivity index (χ2n) is 10.3. The zero-order valence-corrected chi connectivity index (χ0v) is 23.6. The second kappa shape index (κ2) is 11.6. The van der Waals surface area contributed by atoms with Crippen LogP contribution < -0.4 is 10.2 Å². The molecule has 2 atom stereocenters. The summed E-state index contributed by atoms with van der Waals surface area (Å²) >= 11 is 12.4. The Bertz CT molecular complexity index is 1380. The fourth-order valence-corrected chi connectivity index (χ4v) is 6.12. The smallest absolute Gasteiger partial charge is 0.437 e. The molecule has 2 saturated heterocycles. The summed E-state index contributed by atoms with van der Waals surface area (Å²) in [6, 6.07) is 4.21. The van der Waals surface area contributed by atoms with Gasteiger partial charge in [-0.2, -0.15) is 18.3 Å². The van der Waals surface area contributed by atoms with Crippen molar-refractivity contribution in [3.05, 3.63) is 45.7 Å². The van der Waals surface area contributed by atoms with Crippen molar-refractivity contribution in [1.29, 1.82) is 0 Å². The minimum atomic E-state index is -4.69. The Morgan fingerprint density at radius 3 is 2.70 bits per heavy atom. The minimum Gasteiger partial charge on any atom is -0.453 e. The summed E-state index contributed by atoms with van der Waals surface area (Å²) in [5, 5.41) is 7.37. The molecular weight excluding hydrogens is 570 g/mol. The van der Waals surface area contributed by atoms with E-state index in [0.29, 0.717) is 39.8 Å². The van der Waals surface area contributed by atoms with Crippen molar-refractivity contribution >= 4 is 46.3 Å². The van der Waals surface area contributed by atoms with Gasteiger partial charge in [0.1, 0.15) is 11.3 Å². The van der Waals surface area contributed by atoms with Crippen LogP contribution in [0.5, 0.6) is 0 Å². The largest absolute Gasteiger partial charge is 0.453 e. The molecule has 2 aliphatic heterocycles. The van der Waals surface area contributed by atoms with Gasteiger partial charge in [-0.05, 0) is 55.8 Å². The number of halogens is 5. The molecule has 4 heterocycles. The Labute approximate surface area is 239 Å². The van der Waals surface area contributed by atoms with Gasteiger partial charge in [-0.15, -0.1) is 0 Å². The van der Waals surface area contributed by atoms with Gasteiger partial charge in [-0.25, -0.2) is 19.4 Å². The zero-order chi connectivity index (χ0) is 28.6. The molecule has 1 aromatic carbocycles. The first-order valence-corrected chi connectivity index (χ1v) is 13.9.